The molecule has 1 aliphatic heterocycles. The molecular formula is C16H18N4O3. The van der Waals surface area contributed by atoms with E-state index in [0.717, 1.165) is 5.75 Å². The zero-order chi connectivity index (χ0) is 16.1. The van der Waals surface area contributed by atoms with Crippen molar-refractivity contribution in [1.82, 2.24) is 9.97 Å². The summed E-state index contributed by atoms with van der Waals surface area (Å²) in [5, 5.41) is 3.16. The smallest absolute Gasteiger partial charge is 0.415 e. The summed E-state index contributed by atoms with van der Waals surface area (Å²) in [7, 11) is 0. The standard InChI is InChI=1S/C16H18N4O3/c1-12(11-23-13-5-3-2-4-6-13)18-15-17-8-7-14(19-15)20-9-10-22-16(20)21/h2-8,12H,9-11H2,1H3,(H,17,18,19). The summed E-state index contributed by atoms with van der Waals surface area (Å²) in [4.78, 5) is 21.6. The van der Waals surface area contributed by atoms with Gasteiger partial charge in [0.25, 0.3) is 0 Å². The third kappa shape index (κ3) is 3.88. The average Bonchev–Trinajstić information content (AvgIpc) is 3.00. The van der Waals surface area contributed by atoms with E-state index in [1.807, 2.05) is 37.3 Å². The van der Waals surface area contributed by atoms with Gasteiger partial charge in [-0.1, -0.05) is 18.2 Å². The lowest BCUT2D eigenvalue weighted by Crippen LogP contribution is -2.27. The monoisotopic (exact) mass is 314 g/mol. The van der Waals surface area contributed by atoms with Gasteiger partial charge in [-0.2, -0.15) is 4.98 Å². The second kappa shape index (κ2) is 6.95. The number of para-hydroxylation sites is 1. The molecule has 0 spiro atoms. The molecule has 1 amide bonds. The fourth-order valence-electron chi connectivity index (χ4n) is 2.17. The topological polar surface area (TPSA) is 76.6 Å². The van der Waals surface area contributed by atoms with Gasteiger partial charge in [-0.25, -0.2) is 9.78 Å². The Kier molecular flexibility index (Phi) is 4.56. The zero-order valence-corrected chi connectivity index (χ0v) is 12.8. The van der Waals surface area contributed by atoms with Gasteiger partial charge in [0.05, 0.1) is 12.6 Å². The fraction of sp³-hybridized carbons (Fsp3) is 0.312. The predicted octanol–water partition coefficient (Wildman–Crippen LogP) is 2.31. The molecule has 23 heavy (non-hydrogen) atoms. The first-order valence-corrected chi connectivity index (χ1v) is 7.44. The molecule has 120 valence electrons. The van der Waals surface area contributed by atoms with Gasteiger partial charge in [-0.05, 0) is 25.1 Å². The third-order valence-electron chi connectivity index (χ3n) is 3.30. The van der Waals surface area contributed by atoms with Gasteiger partial charge in [0.2, 0.25) is 5.95 Å². The minimum absolute atomic E-state index is 0.0102. The van der Waals surface area contributed by atoms with E-state index in [0.29, 0.717) is 31.5 Å². The van der Waals surface area contributed by atoms with E-state index in [1.54, 1.807) is 12.3 Å². The molecule has 1 aromatic carbocycles. The number of benzene rings is 1. The van der Waals surface area contributed by atoms with Crippen LogP contribution in [0.4, 0.5) is 16.6 Å². The summed E-state index contributed by atoms with van der Waals surface area (Å²) < 4.78 is 10.6. The number of rotatable bonds is 6. The number of carbonyl (C=O) groups excluding carboxylic acids is 1. The number of carbonyl (C=O) groups is 1. The molecule has 1 N–H and O–H groups in total. The van der Waals surface area contributed by atoms with Gasteiger partial charge in [0.15, 0.2) is 0 Å². The van der Waals surface area contributed by atoms with Gasteiger partial charge in [0, 0.05) is 6.20 Å². The maximum atomic E-state index is 11.6. The average molecular weight is 314 g/mol. The Balaban J connectivity index is 1.58. The first-order valence-electron chi connectivity index (χ1n) is 7.44. The molecule has 0 saturated carbocycles. The van der Waals surface area contributed by atoms with Crippen LogP contribution in [0.1, 0.15) is 6.92 Å². The second-order valence-corrected chi connectivity index (χ2v) is 5.17. The van der Waals surface area contributed by atoms with Crippen LogP contribution in [-0.2, 0) is 4.74 Å². The molecule has 0 radical (unpaired) electrons. The van der Waals surface area contributed by atoms with Crippen molar-refractivity contribution in [3.05, 3.63) is 42.6 Å². The summed E-state index contributed by atoms with van der Waals surface area (Å²) >= 11 is 0. The number of anilines is 2. The molecule has 7 heteroatoms. The molecule has 2 aromatic rings. The van der Waals surface area contributed by atoms with E-state index >= 15 is 0 Å². The van der Waals surface area contributed by atoms with Gasteiger partial charge >= 0.3 is 6.09 Å². The largest absolute Gasteiger partial charge is 0.491 e. The lowest BCUT2D eigenvalue weighted by molar-refractivity contribution is 0.181. The van der Waals surface area contributed by atoms with Crippen molar-refractivity contribution in [3.63, 3.8) is 0 Å². The highest BCUT2D eigenvalue weighted by atomic mass is 16.6. The van der Waals surface area contributed by atoms with Crippen molar-refractivity contribution in [2.75, 3.05) is 30.0 Å². The van der Waals surface area contributed by atoms with E-state index in [-0.39, 0.29) is 12.1 Å². The third-order valence-corrected chi connectivity index (χ3v) is 3.30. The number of amides is 1. The van der Waals surface area contributed by atoms with Crippen LogP contribution in [0.2, 0.25) is 0 Å². The Bertz CT molecular complexity index is 665. The Morgan fingerprint density at radius 3 is 2.91 bits per heavy atom. The Morgan fingerprint density at radius 1 is 1.35 bits per heavy atom. The first-order chi connectivity index (χ1) is 11.2. The van der Waals surface area contributed by atoms with Crippen LogP contribution in [0.25, 0.3) is 0 Å². The number of nitrogens with one attached hydrogen (secondary N) is 1. The molecule has 1 unspecified atom stereocenters. The summed E-state index contributed by atoms with van der Waals surface area (Å²) in [6.07, 6.45) is 1.23. The number of ether oxygens (including phenoxy) is 2. The molecule has 7 nitrogen and oxygen atoms in total. The zero-order valence-electron chi connectivity index (χ0n) is 12.8. The molecule has 1 fully saturated rings. The molecule has 3 rings (SSSR count). The van der Waals surface area contributed by atoms with E-state index in [2.05, 4.69) is 15.3 Å². The van der Waals surface area contributed by atoms with Crippen LogP contribution in [0, 0.1) is 0 Å². The van der Waals surface area contributed by atoms with Crippen LogP contribution in [0.15, 0.2) is 42.6 Å². The quantitative estimate of drug-likeness (QED) is 0.882. The Morgan fingerprint density at radius 2 is 2.17 bits per heavy atom. The number of cyclic esters (lactones) is 1. The van der Waals surface area contributed by atoms with Crippen molar-refractivity contribution in [3.8, 4) is 5.75 Å². The van der Waals surface area contributed by atoms with Gasteiger partial charge < -0.3 is 14.8 Å². The second-order valence-electron chi connectivity index (χ2n) is 5.17. The van der Waals surface area contributed by atoms with Crippen LogP contribution < -0.4 is 15.0 Å². The van der Waals surface area contributed by atoms with E-state index in [9.17, 15) is 4.79 Å². The number of aromatic nitrogens is 2. The van der Waals surface area contributed by atoms with Crippen molar-refractivity contribution >= 4 is 17.9 Å². The molecular weight excluding hydrogens is 296 g/mol. The lowest BCUT2D eigenvalue weighted by atomic mass is 10.3. The number of hydrogen-bond donors (Lipinski definition) is 1. The molecule has 1 saturated heterocycles. The van der Waals surface area contributed by atoms with Crippen LogP contribution >= 0.6 is 0 Å². The van der Waals surface area contributed by atoms with Crippen molar-refractivity contribution in [2.24, 2.45) is 0 Å². The Labute approximate surface area is 134 Å². The molecule has 0 bridgehead atoms. The molecule has 1 aromatic heterocycles. The summed E-state index contributed by atoms with van der Waals surface area (Å²) in [5.41, 5.74) is 0. The van der Waals surface area contributed by atoms with Crippen LogP contribution in [-0.4, -0.2) is 41.9 Å². The van der Waals surface area contributed by atoms with E-state index in [1.165, 1.54) is 4.90 Å². The highest BCUT2D eigenvalue weighted by Gasteiger charge is 2.25. The van der Waals surface area contributed by atoms with Gasteiger partial charge in [0.1, 0.15) is 24.8 Å². The highest BCUT2D eigenvalue weighted by Crippen LogP contribution is 2.17. The van der Waals surface area contributed by atoms with Crippen molar-refractivity contribution in [1.29, 1.82) is 0 Å². The normalized spacial score (nSPS) is 15.2. The first kappa shape index (κ1) is 15.1. The minimum Gasteiger partial charge on any atom is -0.491 e. The van der Waals surface area contributed by atoms with Crippen LogP contribution in [0.5, 0.6) is 5.75 Å². The highest BCUT2D eigenvalue weighted by molar-refractivity contribution is 5.88. The SMILES string of the molecule is CC(COc1ccccc1)Nc1nccc(N2CCOC2=O)n1. The molecule has 0 aliphatic carbocycles. The molecule has 1 aliphatic rings. The van der Waals surface area contributed by atoms with E-state index in [4.69, 9.17) is 9.47 Å². The minimum atomic E-state index is -0.380. The number of nitrogens with zero attached hydrogens (tertiary/aromatic N) is 3. The van der Waals surface area contributed by atoms with Crippen LogP contribution in [0.3, 0.4) is 0 Å². The van der Waals surface area contributed by atoms with Gasteiger partial charge in [-0.3, -0.25) is 4.90 Å². The molecule has 2 heterocycles. The maximum Gasteiger partial charge on any atom is 0.415 e. The summed E-state index contributed by atoms with van der Waals surface area (Å²) in [6.45, 7) is 3.33. The summed E-state index contributed by atoms with van der Waals surface area (Å²) in [5.74, 6) is 1.79. The van der Waals surface area contributed by atoms with E-state index < -0.39 is 0 Å². The summed E-state index contributed by atoms with van der Waals surface area (Å²) in [6, 6.07) is 11.3. The lowest BCUT2D eigenvalue weighted by Gasteiger charge is -2.16. The van der Waals surface area contributed by atoms with Gasteiger partial charge in [-0.15, -0.1) is 0 Å². The fourth-order valence-corrected chi connectivity index (χ4v) is 2.17. The van der Waals surface area contributed by atoms with Crippen molar-refractivity contribution < 1.29 is 14.3 Å². The van der Waals surface area contributed by atoms with Crippen molar-refractivity contribution in [2.45, 2.75) is 13.0 Å². The predicted molar refractivity (Wildman–Crippen MR) is 85.7 cm³/mol. The number of hydrogen-bond acceptors (Lipinski definition) is 6. The maximum absolute atomic E-state index is 11.6. The molecule has 1 atom stereocenters. The Hall–Kier alpha value is -2.83.